The summed E-state index contributed by atoms with van der Waals surface area (Å²) in [5, 5.41) is 3.13. The summed E-state index contributed by atoms with van der Waals surface area (Å²) in [5.74, 6) is 1.04. The van der Waals surface area contributed by atoms with Crippen LogP contribution in [-0.4, -0.2) is 23.6 Å². The minimum Gasteiger partial charge on any atom is -0.342 e. The second-order valence-electron chi connectivity index (χ2n) is 4.54. The number of nitrogens with zero attached hydrogens (tertiary/aromatic N) is 1. The molecule has 18 heavy (non-hydrogen) atoms. The Labute approximate surface area is 109 Å². The van der Waals surface area contributed by atoms with Gasteiger partial charge in [-0.05, 0) is 24.6 Å². The molecule has 0 amide bonds. The molecule has 0 aliphatic carbocycles. The van der Waals surface area contributed by atoms with E-state index in [2.05, 4.69) is 46.5 Å². The van der Waals surface area contributed by atoms with Crippen LogP contribution in [0.1, 0.15) is 24.7 Å². The molecule has 96 valence electrons. The molecular weight excluding hydrogens is 222 g/mol. The van der Waals surface area contributed by atoms with Gasteiger partial charge in [0, 0.05) is 13.0 Å². The van der Waals surface area contributed by atoms with Gasteiger partial charge in [0.25, 0.3) is 0 Å². The molecule has 0 bridgehead atoms. The van der Waals surface area contributed by atoms with Crippen molar-refractivity contribution in [2.45, 2.75) is 26.2 Å². The van der Waals surface area contributed by atoms with Crippen LogP contribution < -0.4 is 5.32 Å². The molecule has 3 heteroatoms. The zero-order valence-corrected chi connectivity index (χ0v) is 11.2. The maximum absolute atomic E-state index is 4.39. The molecule has 0 saturated heterocycles. The zero-order chi connectivity index (χ0) is 12.8. The number of imidazole rings is 1. The van der Waals surface area contributed by atoms with Crippen molar-refractivity contribution in [2.24, 2.45) is 0 Å². The molecule has 0 fully saturated rings. The van der Waals surface area contributed by atoms with Crippen LogP contribution in [0.5, 0.6) is 0 Å². The Morgan fingerprint density at radius 3 is 2.61 bits per heavy atom. The average Bonchev–Trinajstić information content (AvgIpc) is 2.86. The number of aryl methyl sites for hydroxylation is 1. The van der Waals surface area contributed by atoms with Crippen LogP contribution in [0.15, 0.2) is 30.5 Å². The molecule has 0 aliphatic rings. The van der Waals surface area contributed by atoms with Gasteiger partial charge in [-0.2, -0.15) is 0 Å². The zero-order valence-electron chi connectivity index (χ0n) is 11.2. The lowest BCUT2D eigenvalue weighted by Gasteiger charge is -2.01. The van der Waals surface area contributed by atoms with E-state index in [1.807, 2.05) is 13.2 Å². The molecule has 0 spiro atoms. The van der Waals surface area contributed by atoms with Crippen LogP contribution in [0.25, 0.3) is 11.3 Å². The largest absolute Gasteiger partial charge is 0.342 e. The summed E-state index contributed by atoms with van der Waals surface area (Å²) in [5.41, 5.74) is 3.71. The van der Waals surface area contributed by atoms with Gasteiger partial charge in [-0.3, -0.25) is 0 Å². The van der Waals surface area contributed by atoms with Gasteiger partial charge in [0.1, 0.15) is 5.82 Å². The van der Waals surface area contributed by atoms with E-state index in [4.69, 9.17) is 0 Å². The van der Waals surface area contributed by atoms with E-state index >= 15 is 0 Å². The highest BCUT2D eigenvalue weighted by atomic mass is 14.9. The lowest BCUT2D eigenvalue weighted by Crippen LogP contribution is -2.10. The second-order valence-corrected chi connectivity index (χ2v) is 4.54. The Kier molecular flexibility index (Phi) is 4.53. The van der Waals surface area contributed by atoms with E-state index in [0.717, 1.165) is 30.9 Å². The maximum Gasteiger partial charge on any atom is 0.107 e. The molecule has 2 aromatic rings. The van der Waals surface area contributed by atoms with E-state index in [1.165, 1.54) is 17.5 Å². The molecular formula is C15H21N3. The van der Waals surface area contributed by atoms with Gasteiger partial charge in [-0.25, -0.2) is 4.98 Å². The fourth-order valence-corrected chi connectivity index (χ4v) is 2.02. The predicted octanol–water partition coefficient (Wildman–Crippen LogP) is 2.79. The Bertz CT molecular complexity index is 471. The first-order valence-electron chi connectivity index (χ1n) is 6.61. The number of aromatic amines is 1. The maximum atomic E-state index is 4.39. The van der Waals surface area contributed by atoms with Crippen molar-refractivity contribution in [1.82, 2.24) is 15.3 Å². The van der Waals surface area contributed by atoms with Crippen molar-refractivity contribution in [3.63, 3.8) is 0 Å². The van der Waals surface area contributed by atoms with E-state index in [-0.39, 0.29) is 0 Å². The van der Waals surface area contributed by atoms with Crippen LogP contribution in [0.2, 0.25) is 0 Å². The first kappa shape index (κ1) is 12.8. The van der Waals surface area contributed by atoms with Crippen molar-refractivity contribution in [3.05, 3.63) is 41.9 Å². The molecule has 2 N–H and O–H groups in total. The summed E-state index contributed by atoms with van der Waals surface area (Å²) in [4.78, 5) is 7.76. The topological polar surface area (TPSA) is 40.7 Å². The van der Waals surface area contributed by atoms with Crippen molar-refractivity contribution < 1.29 is 0 Å². The Morgan fingerprint density at radius 2 is 1.94 bits per heavy atom. The summed E-state index contributed by atoms with van der Waals surface area (Å²) in [6.07, 6.45) is 5.19. The Morgan fingerprint density at radius 1 is 1.17 bits per heavy atom. The molecule has 1 aromatic carbocycles. The summed E-state index contributed by atoms with van der Waals surface area (Å²) < 4.78 is 0. The van der Waals surface area contributed by atoms with Crippen molar-refractivity contribution in [3.8, 4) is 11.3 Å². The number of likely N-dealkylation sites (N-methyl/N-ethyl adjacent to an activating group) is 1. The van der Waals surface area contributed by atoms with E-state index in [0.29, 0.717) is 0 Å². The molecule has 3 nitrogen and oxygen atoms in total. The molecule has 1 heterocycles. The minimum atomic E-state index is 0.935. The quantitative estimate of drug-likeness (QED) is 0.819. The highest BCUT2D eigenvalue weighted by molar-refractivity contribution is 5.58. The second kappa shape index (κ2) is 6.36. The molecule has 0 saturated carbocycles. The molecule has 0 aliphatic heterocycles. The molecule has 0 atom stereocenters. The van der Waals surface area contributed by atoms with Crippen LogP contribution in [-0.2, 0) is 12.8 Å². The fourth-order valence-electron chi connectivity index (χ4n) is 2.02. The highest BCUT2D eigenvalue weighted by Gasteiger charge is 2.03. The van der Waals surface area contributed by atoms with Crippen LogP contribution >= 0.6 is 0 Å². The first-order chi connectivity index (χ1) is 8.83. The minimum absolute atomic E-state index is 0.935. The van der Waals surface area contributed by atoms with Gasteiger partial charge >= 0.3 is 0 Å². The van der Waals surface area contributed by atoms with Gasteiger partial charge in [-0.1, -0.05) is 37.6 Å². The van der Waals surface area contributed by atoms with Gasteiger partial charge in [-0.15, -0.1) is 0 Å². The molecule has 2 rings (SSSR count). The van der Waals surface area contributed by atoms with Crippen LogP contribution in [0.4, 0.5) is 0 Å². The fraction of sp³-hybridized carbons (Fsp3) is 0.400. The molecule has 0 unspecified atom stereocenters. The number of rotatable bonds is 6. The van der Waals surface area contributed by atoms with Gasteiger partial charge in [0.15, 0.2) is 0 Å². The number of nitrogens with one attached hydrogen (secondary N) is 2. The van der Waals surface area contributed by atoms with Gasteiger partial charge < -0.3 is 10.3 Å². The molecule has 1 aromatic heterocycles. The lowest BCUT2D eigenvalue weighted by molar-refractivity contribution is 0.764. The normalized spacial score (nSPS) is 10.8. The van der Waals surface area contributed by atoms with Crippen molar-refractivity contribution >= 4 is 0 Å². The monoisotopic (exact) mass is 243 g/mol. The summed E-state index contributed by atoms with van der Waals surface area (Å²) in [6.45, 7) is 3.15. The summed E-state index contributed by atoms with van der Waals surface area (Å²) >= 11 is 0. The van der Waals surface area contributed by atoms with Crippen molar-refractivity contribution in [1.29, 1.82) is 0 Å². The number of hydrogen-bond donors (Lipinski definition) is 2. The van der Waals surface area contributed by atoms with Gasteiger partial charge in [0.2, 0.25) is 0 Å². The molecule has 0 radical (unpaired) electrons. The van der Waals surface area contributed by atoms with Crippen LogP contribution in [0.3, 0.4) is 0 Å². The Hall–Kier alpha value is -1.61. The van der Waals surface area contributed by atoms with Gasteiger partial charge in [0.05, 0.1) is 11.9 Å². The Balaban J connectivity index is 2.08. The summed E-state index contributed by atoms with van der Waals surface area (Å²) in [6, 6.07) is 8.74. The third-order valence-electron chi connectivity index (χ3n) is 3.04. The van der Waals surface area contributed by atoms with E-state index < -0.39 is 0 Å². The van der Waals surface area contributed by atoms with Crippen molar-refractivity contribution in [2.75, 3.05) is 13.6 Å². The third kappa shape index (κ3) is 3.20. The average molecular weight is 243 g/mol. The third-order valence-corrected chi connectivity index (χ3v) is 3.04. The van der Waals surface area contributed by atoms with Crippen LogP contribution in [0, 0.1) is 0 Å². The van der Waals surface area contributed by atoms with E-state index in [9.17, 15) is 0 Å². The highest BCUT2D eigenvalue weighted by Crippen LogP contribution is 2.18. The number of benzene rings is 1. The number of aromatic nitrogens is 2. The lowest BCUT2D eigenvalue weighted by atomic mass is 10.1. The standard InChI is InChI=1S/C15H21N3/c1-3-4-12-5-7-13(8-6-12)14-11-17-15(18-14)9-10-16-2/h5-8,11,16H,3-4,9-10H2,1-2H3,(H,17,18). The smallest absolute Gasteiger partial charge is 0.107 e. The first-order valence-corrected chi connectivity index (χ1v) is 6.61. The number of H-pyrrole nitrogens is 1. The predicted molar refractivity (Wildman–Crippen MR) is 75.6 cm³/mol. The summed E-state index contributed by atoms with van der Waals surface area (Å²) in [7, 11) is 1.95. The number of hydrogen-bond acceptors (Lipinski definition) is 2. The van der Waals surface area contributed by atoms with E-state index in [1.54, 1.807) is 0 Å². The SMILES string of the molecule is CCCc1ccc(-c2cnc(CCNC)[nH]2)cc1.